The third kappa shape index (κ3) is 3.95. The number of hydrogen-bond donors (Lipinski definition) is 1. The number of rotatable bonds is 6. The highest BCUT2D eigenvalue weighted by Crippen LogP contribution is 2.19. The molecule has 2 N–H and O–H groups in total. The van der Waals surface area contributed by atoms with Crippen LogP contribution in [0.15, 0.2) is 24.3 Å². The number of hydrogen-bond acceptors (Lipinski definition) is 3. The van der Waals surface area contributed by atoms with Crippen molar-refractivity contribution in [2.45, 2.75) is 32.2 Å². The number of likely N-dealkylation sites (tertiary alicyclic amines) is 1. The van der Waals surface area contributed by atoms with Crippen LogP contribution in [0.1, 0.15) is 37.8 Å². The summed E-state index contributed by atoms with van der Waals surface area (Å²) in [7, 11) is 2.17. The van der Waals surface area contributed by atoms with Crippen molar-refractivity contribution in [3.05, 3.63) is 29.8 Å². The lowest BCUT2D eigenvalue weighted by Gasteiger charge is -2.23. The Kier molecular flexibility index (Phi) is 5.23. The summed E-state index contributed by atoms with van der Waals surface area (Å²) in [6.07, 6.45) is 3.73. The van der Waals surface area contributed by atoms with Gasteiger partial charge in [-0.3, -0.25) is 0 Å². The van der Waals surface area contributed by atoms with Gasteiger partial charge in [-0.25, -0.2) is 0 Å². The van der Waals surface area contributed by atoms with Gasteiger partial charge < -0.3 is 15.5 Å². The van der Waals surface area contributed by atoms with Gasteiger partial charge in [-0.15, -0.1) is 0 Å². The molecule has 106 valence electrons. The summed E-state index contributed by atoms with van der Waals surface area (Å²) in [5.74, 6) is 0. The molecule has 2 rings (SSSR count). The van der Waals surface area contributed by atoms with Crippen LogP contribution in [0.25, 0.3) is 0 Å². The molecule has 3 heteroatoms. The average molecular weight is 261 g/mol. The molecular weight excluding hydrogens is 234 g/mol. The van der Waals surface area contributed by atoms with Crippen molar-refractivity contribution in [3.63, 3.8) is 0 Å². The minimum absolute atomic E-state index is 0.170. The number of likely N-dealkylation sites (N-methyl/N-ethyl adjacent to an activating group) is 1. The van der Waals surface area contributed by atoms with Crippen LogP contribution in [0.3, 0.4) is 0 Å². The van der Waals surface area contributed by atoms with Gasteiger partial charge in [0.05, 0.1) is 0 Å². The molecule has 0 saturated carbocycles. The first-order chi connectivity index (χ1) is 9.20. The smallest absolute Gasteiger partial charge is 0.0364 e. The van der Waals surface area contributed by atoms with Crippen LogP contribution in [0, 0.1) is 0 Å². The largest absolute Gasteiger partial charge is 0.373 e. The van der Waals surface area contributed by atoms with Crippen LogP contribution in [0.5, 0.6) is 0 Å². The molecule has 1 aliphatic rings. The number of benzene rings is 1. The molecule has 0 spiro atoms. The van der Waals surface area contributed by atoms with Crippen LogP contribution in [-0.4, -0.2) is 38.1 Å². The molecule has 1 heterocycles. The predicted molar refractivity (Wildman–Crippen MR) is 82.6 cm³/mol. The molecule has 0 unspecified atom stereocenters. The molecule has 1 aromatic carbocycles. The molecule has 19 heavy (non-hydrogen) atoms. The Morgan fingerprint density at radius 3 is 2.42 bits per heavy atom. The van der Waals surface area contributed by atoms with Gasteiger partial charge in [-0.05, 0) is 50.0 Å². The van der Waals surface area contributed by atoms with Crippen molar-refractivity contribution in [2.75, 3.05) is 38.1 Å². The highest BCUT2D eigenvalue weighted by molar-refractivity contribution is 5.47. The van der Waals surface area contributed by atoms with E-state index in [1.54, 1.807) is 0 Å². The van der Waals surface area contributed by atoms with Crippen molar-refractivity contribution >= 4 is 5.69 Å². The Bertz CT molecular complexity index is 368. The molecule has 1 saturated heterocycles. The molecule has 0 aromatic heterocycles. The van der Waals surface area contributed by atoms with Crippen molar-refractivity contribution in [1.29, 1.82) is 0 Å². The summed E-state index contributed by atoms with van der Waals surface area (Å²) >= 11 is 0. The molecule has 1 atom stereocenters. The zero-order valence-corrected chi connectivity index (χ0v) is 12.3. The lowest BCUT2D eigenvalue weighted by atomic mass is 10.1. The lowest BCUT2D eigenvalue weighted by molar-refractivity contribution is 0.346. The first kappa shape index (κ1) is 14.4. The van der Waals surface area contributed by atoms with E-state index in [1.165, 1.54) is 43.7 Å². The highest BCUT2D eigenvalue weighted by atomic mass is 15.2. The Labute approximate surface area is 117 Å². The van der Waals surface area contributed by atoms with Crippen LogP contribution >= 0.6 is 0 Å². The van der Waals surface area contributed by atoms with Gasteiger partial charge in [0, 0.05) is 31.9 Å². The molecular formula is C16H27N3. The number of anilines is 1. The summed E-state index contributed by atoms with van der Waals surface area (Å²) in [5.41, 5.74) is 8.56. The second-order valence-electron chi connectivity index (χ2n) is 5.58. The standard InChI is InChI=1S/C16H27N3/c1-3-16(17)14-6-8-15(9-7-14)18(2)12-13-19-10-4-5-11-19/h6-9,16H,3-5,10-13,17H2,1-2H3/t16-/m0/s1. The SMILES string of the molecule is CC[C@H](N)c1ccc(N(C)CCN2CCCC2)cc1. The third-order valence-corrected chi connectivity index (χ3v) is 4.15. The topological polar surface area (TPSA) is 32.5 Å². The Balaban J connectivity index is 1.86. The maximum absolute atomic E-state index is 6.04. The Hall–Kier alpha value is -1.06. The van der Waals surface area contributed by atoms with E-state index in [2.05, 4.69) is 48.0 Å². The summed E-state index contributed by atoms with van der Waals surface area (Å²) in [6, 6.07) is 8.87. The lowest BCUT2D eigenvalue weighted by Crippen LogP contribution is -2.31. The van der Waals surface area contributed by atoms with E-state index in [1.807, 2.05) is 0 Å². The van der Waals surface area contributed by atoms with Gasteiger partial charge in [0.25, 0.3) is 0 Å². The minimum Gasteiger partial charge on any atom is -0.373 e. The van der Waals surface area contributed by atoms with Crippen LogP contribution in [0.2, 0.25) is 0 Å². The fourth-order valence-electron chi connectivity index (χ4n) is 2.64. The van der Waals surface area contributed by atoms with Crippen molar-refractivity contribution < 1.29 is 0 Å². The van der Waals surface area contributed by atoms with E-state index in [0.29, 0.717) is 0 Å². The fourth-order valence-corrected chi connectivity index (χ4v) is 2.64. The summed E-state index contributed by atoms with van der Waals surface area (Å²) in [6.45, 7) is 6.95. The number of nitrogens with two attached hydrogens (primary N) is 1. The van der Waals surface area contributed by atoms with Crippen molar-refractivity contribution in [2.24, 2.45) is 5.73 Å². The van der Waals surface area contributed by atoms with Gasteiger partial charge in [-0.1, -0.05) is 19.1 Å². The van der Waals surface area contributed by atoms with Crippen LogP contribution in [0.4, 0.5) is 5.69 Å². The van der Waals surface area contributed by atoms with E-state index < -0.39 is 0 Å². The first-order valence-electron chi connectivity index (χ1n) is 7.49. The molecule has 1 aromatic rings. The highest BCUT2D eigenvalue weighted by Gasteiger charge is 2.12. The maximum Gasteiger partial charge on any atom is 0.0364 e. The van der Waals surface area contributed by atoms with Gasteiger partial charge in [0.2, 0.25) is 0 Å². The normalized spacial score (nSPS) is 17.6. The second-order valence-corrected chi connectivity index (χ2v) is 5.58. The Morgan fingerprint density at radius 1 is 1.21 bits per heavy atom. The minimum atomic E-state index is 0.170. The average Bonchev–Trinajstić information content (AvgIpc) is 2.97. The quantitative estimate of drug-likeness (QED) is 0.854. The summed E-state index contributed by atoms with van der Waals surface area (Å²) < 4.78 is 0. The van der Waals surface area contributed by atoms with Crippen molar-refractivity contribution in [1.82, 2.24) is 4.90 Å². The van der Waals surface area contributed by atoms with Gasteiger partial charge >= 0.3 is 0 Å². The van der Waals surface area contributed by atoms with E-state index in [4.69, 9.17) is 5.73 Å². The van der Waals surface area contributed by atoms with E-state index in [0.717, 1.165) is 13.0 Å². The first-order valence-corrected chi connectivity index (χ1v) is 7.49. The maximum atomic E-state index is 6.04. The van der Waals surface area contributed by atoms with Crippen LogP contribution in [-0.2, 0) is 0 Å². The van der Waals surface area contributed by atoms with E-state index in [-0.39, 0.29) is 6.04 Å². The van der Waals surface area contributed by atoms with Gasteiger partial charge in [0.15, 0.2) is 0 Å². The molecule has 1 fully saturated rings. The molecule has 1 aliphatic heterocycles. The van der Waals surface area contributed by atoms with E-state index >= 15 is 0 Å². The third-order valence-electron chi connectivity index (χ3n) is 4.15. The number of nitrogens with zero attached hydrogens (tertiary/aromatic N) is 2. The van der Waals surface area contributed by atoms with Crippen molar-refractivity contribution in [3.8, 4) is 0 Å². The molecule has 0 bridgehead atoms. The van der Waals surface area contributed by atoms with Gasteiger partial charge in [-0.2, -0.15) is 0 Å². The second kappa shape index (κ2) is 6.92. The predicted octanol–water partition coefficient (Wildman–Crippen LogP) is 2.63. The zero-order valence-electron chi connectivity index (χ0n) is 12.3. The Morgan fingerprint density at radius 2 is 1.84 bits per heavy atom. The molecule has 0 aliphatic carbocycles. The van der Waals surface area contributed by atoms with Gasteiger partial charge in [0.1, 0.15) is 0 Å². The van der Waals surface area contributed by atoms with Crippen LogP contribution < -0.4 is 10.6 Å². The summed E-state index contributed by atoms with van der Waals surface area (Å²) in [4.78, 5) is 4.89. The zero-order chi connectivity index (χ0) is 13.7. The molecule has 0 amide bonds. The summed E-state index contributed by atoms with van der Waals surface area (Å²) in [5, 5.41) is 0. The monoisotopic (exact) mass is 261 g/mol. The van der Waals surface area contributed by atoms with E-state index in [9.17, 15) is 0 Å². The molecule has 3 nitrogen and oxygen atoms in total. The molecule has 0 radical (unpaired) electrons. The fraction of sp³-hybridized carbons (Fsp3) is 0.625.